The SMILES string of the molecule is CC(C)c1cc(Oc2cc(C#N)ccc2-c2ncc(CCNC(=O)OC(C)(C)C)cn2)n(C)n1. The first-order chi connectivity index (χ1) is 16.1. The zero-order valence-corrected chi connectivity index (χ0v) is 20.4. The fourth-order valence-corrected chi connectivity index (χ4v) is 3.07. The lowest BCUT2D eigenvalue weighted by Gasteiger charge is -2.19. The van der Waals surface area contributed by atoms with Crippen LogP contribution in [0, 0.1) is 11.3 Å². The average molecular weight is 463 g/mol. The van der Waals surface area contributed by atoms with Gasteiger partial charge in [0.05, 0.1) is 22.9 Å². The van der Waals surface area contributed by atoms with Gasteiger partial charge in [0.25, 0.3) is 0 Å². The number of hydrogen-bond acceptors (Lipinski definition) is 7. The molecule has 0 spiro atoms. The van der Waals surface area contributed by atoms with Crippen LogP contribution >= 0.6 is 0 Å². The van der Waals surface area contributed by atoms with E-state index < -0.39 is 11.7 Å². The average Bonchev–Trinajstić information content (AvgIpc) is 3.13. The van der Waals surface area contributed by atoms with Gasteiger partial charge in [0.15, 0.2) is 5.82 Å². The first kappa shape index (κ1) is 24.7. The van der Waals surface area contributed by atoms with E-state index in [1.807, 2.05) is 33.9 Å². The predicted octanol–water partition coefficient (Wildman–Crippen LogP) is 4.73. The molecule has 9 nitrogen and oxygen atoms in total. The Labute approximate surface area is 199 Å². The van der Waals surface area contributed by atoms with Crippen molar-refractivity contribution in [1.29, 1.82) is 5.26 Å². The first-order valence-corrected chi connectivity index (χ1v) is 11.1. The highest BCUT2D eigenvalue weighted by Crippen LogP contribution is 2.33. The first-order valence-electron chi connectivity index (χ1n) is 11.1. The second-order valence-electron chi connectivity index (χ2n) is 9.20. The van der Waals surface area contributed by atoms with Crippen LogP contribution in [0.25, 0.3) is 11.4 Å². The van der Waals surface area contributed by atoms with Gasteiger partial charge in [-0.05, 0) is 56.9 Å². The van der Waals surface area contributed by atoms with E-state index in [0.717, 1.165) is 11.3 Å². The van der Waals surface area contributed by atoms with Crippen LogP contribution in [0.15, 0.2) is 36.7 Å². The molecule has 1 aromatic carbocycles. The van der Waals surface area contributed by atoms with Crippen LogP contribution in [-0.2, 0) is 18.2 Å². The van der Waals surface area contributed by atoms with Gasteiger partial charge in [0.2, 0.25) is 5.88 Å². The van der Waals surface area contributed by atoms with Crippen LogP contribution in [0.1, 0.15) is 57.4 Å². The van der Waals surface area contributed by atoms with Gasteiger partial charge in [-0.2, -0.15) is 10.4 Å². The van der Waals surface area contributed by atoms with E-state index in [-0.39, 0.29) is 5.92 Å². The molecular weight excluding hydrogens is 432 g/mol. The Morgan fingerprint density at radius 3 is 2.50 bits per heavy atom. The molecule has 3 rings (SSSR count). The molecule has 34 heavy (non-hydrogen) atoms. The Bertz CT molecular complexity index is 1190. The molecule has 0 atom stereocenters. The number of nitriles is 1. The van der Waals surface area contributed by atoms with Crippen molar-refractivity contribution >= 4 is 6.09 Å². The summed E-state index contributed by atoms with van der Waals surface area (Å²) in [6, 6.07) is 9.16. The molecule has 2 heterocycles. The summed E-state index contributed by atoms with van der Waals surface area (Å²) < 4.78 is 13.0. The summed E-state index contributed by atoms with van der Waals surface area (Å²) in [5, 5.41) is 16.6. The van der Waals surface area contributed by atoms with Crippen LogP contribution in [-0.4, -0.2) is 38.0 Å². The number of rotatable bonds is 7. The van der Waals surface area contributed by atoms with E-state index in [1.165, 1.54) is 0 Å². The quantitative estimate of drug-likeness (QED) is 0.539. The van der Waals surface area contributed by atoms with Gasteiger partial charge in [-0.15, -0.1) is 0 Å². The zero-order chi connectivity index (χ0) is 24.9. The molecule has 3 aromatic rings. The number of ether oxygens (including phenoxy) is 2. The standard InChI is InChI=1S/C25H30N6O3/c1-16(2)20-12-22(31(6)30-20)33-21-11-17(13-26)7-8-19(21)23-28-14-18(15-29-23)9-10-27-24(32)34-25(3,4)5/h7-8,11-12,14-16H,9-10H2,1-6H3,(H,27,32). The van der Waals surface area contributed by atoms with Crippen molar-refractivity contribution in [2.24, 2.45) is 7.05 Å². The molecule has 1 amide bonds. The number of aryl methyl sites for hydroxylation is 1. The van der Waals surface area contributed by atoms with E-state index in [9.17, 15) is 10.1 Å². The molecule has 2 aromatic heterocycles. The number of aromatic nitrogens is 4. The van der Waals surface area contributed by atoms with E-state index in [4.69, 9.17) is 9.47 Å². The van der Waals surface area contributed by atoms with Crippen molar-refractivity contribution in [1.82, 2.24) is 25.1 Å². The Balaban J connectivity index is 1.75. The van der Waals surface area contributed by atoms with Gasteiger partial charge in [-0.25, -0.2) is 19.4 Å². The number of carbonyl (C=O) groups excluding carboxylic acids is 1. The lowest BCUT2D eigenvalue weighted by atomic mass is 10.1. The minimum atomic E-state index is -0.540. The molecule has 0 aliphatic carbocycles. The van der Waals surface area contributed by atoms with Gasteiger partial charge >= 0.3 is 6.09 Å². The van der Waals surface area contributed by atoms with Crippen LogP contribution in [0.2, 0.25) is 0 Å². The van der Waals surface area contributed by atoms with Gasteiger partial charge in [0, 0.05) is 32.1 Å². The van der Waals surface area contributed by atoms with Crippen molar-refractivity contribution in [3.63, 3.8) is 0 Å². The monoisotopic (exact) mass is 462 g/mol. The molecule has 178 valence electrons. The largest absolute Gasteiger partial charge is 0.444 e. The number of hydrogen-bond donors (Lipinski definition) is 1. The van der Waals surface area contributed by atoms with E-state index >= 15 is 0 Å². The third-order valence-electron chi connectivity index (χ3n) is 4.80. The van der Waals surface area contributed by atoms with Crippen molar-refractivity contribution in [3.05, 3.63) is 53.5 Å². The lowest BCUT2D eigenvalue weighted by Crippen LogP contribution is -2.33. The molecule has 0 aliphatic rings. The molecule has 0 unspecified atom stereocenters. The number of benzene rings is 1. The molecular formula is C25H30N6O3. The maximum absolute atomic E-state index is 11.8. The van der Waals surface area contributed by atoms with E-state index in [0.29, 0.717) is 41.5 Å². The predicted molar refractivity (Wildman–Crippen MR) is 127 cm³/mol. The van der Waals surface area contributed by atoms with Crippen LogP contribution in [0.3, 0.4) is 0 Å². The third-order valence-corrected chi connectivity index (χ3v) is 4.80. The maximum Gasteiger partial charge on any atom is 0.407 e. The molecule has 9 heteroatoms. The van der Waals surface area contributed by atoms with Gasteiger partial charge < -0.3 is 14.8 Å². The van der Waals surface area contributed by atoms with Crippen molar-refractivity contribution in [2.75, 3.05) is 6.54 Å². The van der Waals surface area contributed by atoms with Crippen LogP contribution in [0.4, 0.5) is 4.79 Å². The minimum Gasteiger partial charge on any atom is -0.444 e. The van der Waals surface area contributed by atoms with E-state index in [2.05, 4.69) is 40.3 Å². The number of nitrogens with one attached hydrogen (secondary N) is 1. The van der Waals surface area contributed by atoms with Crippen molar-refractivity contribution in [3.8, 4) is 29.1 Å². The smallest absolute Gasteiger partial charge is 0.407 e. The third kappa shape index (κ3) is 6.54. The summed E-state index contributed by atoms with van der Waals surface area (Å²) in [6.45, 7) is 9.98. The Morgan fingerprint density at radius 2 is 1.91 bits per heavy atom. The second kappa shape index (κ2) is 10.3. The van der Waals surface area contributed by atoms with Crippen LogP contribution < -0.4 is 10.1 Å². The Kier molecular flexibility index (Phi) is 7.51. The van der Waals surface area contributed by atoms with Crippen molar-refractivity contribution in [2.45, 2.75) is 52.6 Å². The molecule has 0 aliphatic heterocycles. The fourth-order valence-electron chi connectivity index (χ4n) is 3.07. The maximum atomic E-state index is 11.8. The highest BCUT2D eigenvalue weighted by Gasteiger charge is 2.17. The van der Waals surface area contributed by atoms with Gasteiger partial charge in [0.1, 0.15) is 11.4 Å². The molecule has 0 bridgehead atoms. The number of nitrogens with zero attached hydrogens (tertiary/aromatic N) is 5. The molecule has 0 saturated carbocycles. The summed E-state index contributed by atoms with van der Waals surface area (Å²) in [4.78, 5) is 20.7. The van der Waals surface area contributed by atoms with Gasteiger partial charge in [-0.1, -0.05) is 13.8 Å². The topological polar surface area (TPSA) is 115 Å². The highest BCUT2D eigenvalue weighted by molar-refractivity contribution is 5.68. The summed E-state index contributed by atoms with van der Waals surface area (Å²) in [5.41, 5.74) is 2.36. The lowest BCUT2D eigenvalue weighted by molar-refractivity contribution is 0.0528. The fraction of sp³-hybridized carbons (Fsp3) is 0.400. The Morgan fingerprint density at radius 1 is 1.21 bits per heavy atom. The summed E-state index contributed by atoms with van der Waals surface area (Å²) >= 11 is 0. The number of alkyl carbamates (subject to hydrolysis) is 1. The highest BCUT2D eigenvalue weighted by atomic mass is 16.6. The van der Waals surface area contributed by atoms with Crippen molar-refractivity contribution < 1.29 is 14.3 Å². The second-order valence-corrected chi connectivity index (χ2v) is 9.20. The number of carbonyl (C=O) groups is 1. The van der Waals surface area contributed by atoms with Crippen LogP contribution in [0.5, 0.6) is 11.6 Å². The Hall–Kier alpha value is -3.93. The van der Waals surface area contributed by atoms with Gasteiger partial charge in [-0.3, -0.25) is 0 Å². The minimum absolute atomic E-state index is 0.258. The summed E-state index contributed by atoms with van der Waals surface area (Å²) in [5.74, 6) is 1.75. The molecule has 0 saturated heterocycles. The summed E-state index contributed by atoms with van der Waals surface area (Å²) in [7, 11) is 1.81. The molecule has 1 N–H and O–H groups in total. The molecule has 0 fully saturated rings. The zero-order valence-electron chi connectivity index (χ0n) is 20.4. The number of amides is 1. The molecule has 0 radical (unpaired) electrons. The normalized spacial score (nSPS) is 11.2. The van der Waals surface area contributed by atoms with E-state index in [1.54, 1.807) is 35.3 Å². The summed E-state index contributed by atoms with van der Waals surface area (Å²) in [6.07, 6.45) is 3.52.